The fourth-order valence-corrected chi connectivity index (χ4v) is 2.28. The largest absolute Gasteiger partial charge is 0.481 e. The van der Waals surface area contributed by atoms with Crippen molar-refractivity contribution >= 4 is 11.9 Å². The zero-order chi connectivity index (χ0) is 23.2. The number of benzene rings is 2. The Morgan fingerprint density at radius 2 is 1.23 bits per heavy atom. The number of aromatic carboxylic acids is 1. The summed E-state index contributed by atoms with van der Waals surface area (Å²) in [6.07, 6.45) is -14.0. The second-order valence-corrected chi connectivity index (χ2v) is 6.05. The lowest BCUT2D eigenvalue weighted by molar-refractivity contribution is -0.368. The molecule has 2 aromatic rings. The SMILES string of the molecule is O=C(O)CC(O)(C(F)(F)F)C(F)(F)F.O=C(O)c1ccccc1Cc1ccccc1. The summed E-state index contributed by atoms with van der Waals surface area (Å²) in [7, 11) is 0. The maximum atomic E-state index is 11.7. The second-order valence-electron chi connectivity index (χ2n) is 6.05. The number of aliphatic hydroxyl groups is 1. The van der Waals surface area contributed by atoms with Gasteiger partial charge in [0, 0.05) is 0 Å². The molecule has 0 amide bonds. The quantitative estimate of drug-likeness (QED) is 0.606. The lowest BCUT2D eigenvalue weighted by Crippen LogP contribution is -2.57. The summed E-state index contributed by atoms with van der Waals surface area (Å²) >= 11 is 0. The summed E-state index contributed by atoms with van der Waals surface area (Å²) in [4.78, 5) is 20.8. The van der Waals surface area contributed by atoms with Gasteiger partial charge in [0.05, 0.1) is 12.0 Å². The van der Waals surface area contributed by atoms with Gasteiger partial charge in [-0.15, -0.1) is 0 Å². The summed E-state index contributed by atoms with van der Waals surface area (Å²) in [5.41, 5.74) is -2.85. The molecule has 0 aliphatic heterocycles. The first kappa shape index (κ1) is 25.0. The molecule has 3 N–H and O–H groups in total. The average Bonchev–Trinajstić information content (AvgIpc) is 2.61. The molecule has 0 bridgehead atoms. The summed E-state index contributed by atoms with van der Waals surface area (Å²) in [6, 6.07) is 17.0. The standard InChI is InChI=1S/C14H12O2.C5H4F6O3/c15-14(16)13-9-5-4-8-12(13)10-11-6-2-1-3-7-11;6-4(7,8)3(14,1-2(12)13)5(9,10)11/h1-9H,10H2,(H,15,16);14H,1H2,(H,12,13). The van der Waals surface area contributed by atoms with Crippen LogP contribution < -0.4 is 0 Å². The molecule has 0 aliphatic carbocycles. The number of rotatable bonds is 5. The van der Waals surface area contributed by atoms with E-state index in [9.17, 15) is 35.9 Å². The van der Waals surface area contributed by atoms with Gasteiger partial charge in [-0.3, -0.25) is 4.79 Å². The van der Waals surface area contributed by atoms with Crippen molar-refractivity contribution in [2.45, 2.75) is 30.8 Å². The zero-order valence-corrected chi connectivity index (χ0v) is 15.0. The Balaban J connectivity index is 0.000000304. The molecule has 2 rings (SSSR count). The minimum absolute atomic E-state index is 0.381. The van der Waals surface area contributed by atoms with Crippen molar-refractivity contribution in [1.29, 1.82) is 0 Å². The van der Waals surface area contributed by atoms with Gasteiger partial charge in [0.2, 0.25) is 0 Å². The smallest absolute Gasteiger partial charge is 0.426 e. The van der Waals surface area contributed by atoms with Crippen molar-refractivity contribution in [2.24, 2.45) is 0 Å². The number of hydrogen-bond donors (Lipinski definition) is 3. The van der Waals surface area contributed by atoms with Gasteiger partial charge in [-0.1, -0.05) is 48.5 Å². The normalized spacial score (nSPS) is 12.0. The third-order valence-corrected chi connectivity index (χ3v) is 3.83. The first-order valence-corrected chi connectivity index (χ1v) is 8.12. The number of carbonyl (C=O) groups is 2. The monoisotopic (exact) mass is 438 g/mol. The third-order valence-electron chi connectivity index (χ3n) is 3.83. The number of aliphatic carboxylic acids is 1. The summed E-state index contributed by atoms with van der Waals surface area (Å²) in [6.45, 7) is 0. The highest BCUT2D eigenvalue weighted by Crippen LogP contribution is 2.45. The summed E-state index contributed by atoms with van der Waals surface area (Å²) in [5, 5.41) is 25.1. The lowest BCUT2D eigenvalue weighted by Gasteiger charge is -2.30. The number of carboxylic acid groups (broad SMARTS) is 2. The number of alkyl halides is 6. The van der Waals surface area contributed by atoms with Crippen LogP contribution >= 0.6 is 0 Å². The molecule has 0 atom stereocenters. The van der Waals surface area contributed by atoms with Crippen LogP contribution in [0.15, 0.2) is 54.6 Å². The van der Waals surface area contributed by atoms with Gasteiger partial charge in [-0.05, 0) is 23.6 Å². The zero-order valence-electron chi connectivity index (χ0n) is 15.0. The molecule has 0 aromatic heterocycles. The maximum absolute atomic E-state index is 11.7. The Labute approximate surface area is 166 Å². The van der Waals surface area contributed by atoms with Crippen LogP contribution in [0.25, 0.3) is 0 Å². The van der Waals surface area contributed by atoms with Gasteiger partial charge < -0.3 is 15.3 Å². The van der Waals surface area contributed by atoms with Gasteiger partial charge in [-0.2, -0.15) is 26.3 Å². The third kappa shape index (κ3) is 6.48. The van der Waals surface area contributed by atoms with Crippen molar-refractivity contribution in [2.75, 3.05) is 0 Å². The predicted molar refractivity (Wildman–Crippen MR) is 92.0 cm³/mol. The van der Waals surface area contributed by atoms with Crippen LogP contribution in [0.5, 0.6) is 0 Å². The van der Waals surface area contributed by atoms with Crippen LogP contribution in [0.1, 0.15) is 27.9 Å². The molecule has 0 unspecified atom stereocenters. The summed E-state index contributed by atoms with van der Waals surface area (Å²) in [5.74, 6) is -3.27. The highest BCUT2D eigenvalue weighted by molar-refractivity contribution is 5.89. The fourth-order valence-electron chi connectivity index (χ4n) is 2.28. The van der Waals surface area contributed by atoms with E-state index in [1.54, 1.807) is 12.1 Å². The van der Waals surface area contributed by atoms with E-state index in [1.807, 2.05) is 42.5 Å². The topological polar surface area (TPSA) is 94.8 Å². The number of hydrogen-bond acceptors (Lipinski definition) is 3. The van der Waals surface area contributed by atoms with E-state index in [2.05, 4.69) is 0 Å². The molecule has 5 nitrogen and oxygen atoms in total. The fraction of sp³-hybridized carbons (Fsp3) is 0.263. The van der Waals surface area contributed by atoms with Crippen molar-refractivity contribution < 1.29 is 51.3 Å². The maximum Gasteiger partial charge on any atom is 0.426 e. The molecule has 0 saturated carbocycles. The molecule has 2 aromatic carbocycles. The van der Waals surface area contributed by atoms with Gasteiger partial charge in [-0.25, -0.2) is 4.79 Å². The molecular formula is C19H16F6O5. The molecule has 0 aliphatic rings. The minimum atomic E-state index is -6.08. The van der Waals surface area contributed by atoms with E-state index in [0.717, 1.165) is 11.1 Å². The molecule has 11 heteroatoms. The van der Waals surface area contributed by atoms with E-state index in [1.165, 1.54) is 0 Å². The van der Waals surface area contributed by atoms with Crippen LogP contribution in [-0.4, -0.2) is 45.2 Å². The molecule has 0 fully saturated rings. The Bertz CT molecular complexity index is 848. The van der Waals surface area contributed by atoms with E-state index < -0.39 is 36.3 Å². The molecule has 164 valence electrons. The minimum Gasteiger partial charge on any atom is -0.481 e. The molecular weight excluding hydrogens is 422 g/mol. The predicted octanol–water partition coefficient (Wildman–Crippen LogP) is 4.29. The van der Waals surface area contributed by atoms with Crippen LogP contribution in [-0.2, 0) is 11.2 Å². The molecule has 0 radical (unpaired) electrons. The van der Waals surface area contributed by atoms with Gasteiger partial charge in [0.1, 0.15) is 0 Å². The first-order chi connectivity index (χ1) is 13.7. The van der Waals surface area contributed by atoms with Gasteiger partial charge in [0.15, 0.2) is 0 Å². The van der Waals surface area contributed by atoms with Gasteiger partial charge in [0.25, 0.3) is 5.60 Å². The average molecular weight is 438 g/mol. The highest BCUT2D eigenvalue weighted by atomic mass is 19.4. The van der Waals surface area contributed by atoms with Crippen molar-refractivity contribution in [3.63, 3.8) is 0 Å². The van der Waals surface area contributed by atoms with Crippen LogP contribution in [0.2, 0.25) is 0 Å². The van der Waals surface area contributed by atoms with Crippen molar-refractivity contribution in [3.05, 3.63) is 71.3 Å². The van der Waals surface area contributed by atoms with E-state index in [-0.39, 0.29) is 0 Å². The molecule has 0 heterocycles. The van der Waals surface area contributed by atoms with E-state index in [0.29, 0.717) is 12.0 Å². The van der Waals surface area contributed by atoms with Crippen LogP contribution in [0.4, 0.5) is 26.3 Å². The highest BCUT2D eigenvalue weighted by Gasteiger charge is 2.71. The van der Waals surface area contributed by atoms with Crippen LogP contribution in [0.3, 0.4) is 0 Å². The Kier molecular flexibility index (Phi) is 8.00. The Morgan fingerprint density at radius 3 is 1.63 bits per heavy atom. The molecule has 0 saturated heterocycles. The van der Waals surface area contributed by atoms with Crippen molar-refractivity contribution in [1.82, 2.24) is 0 Å². The Morgan fingerprint density at radius 1 is 0.767 bits per heavy atom. The lowest BCUT2D eigenvalue weighted by atomic mass is 9.98. The summed E-state index contributed by atoms with van der Waals surface area (Å²) < 4.78 is 70.4. The Hall–Kier alpha value is -3.08. The molecule has 0 spiro atoms. The van der Waals surface area contributed by atoms with E-state index >= 15 is 0 Å². The van der Waals surface area contributed by atoms with Crippen LogP contribution in [0, 0.1) is 0 Å². The molecule has 30 heavy (non-hydrogen) atoms. The first-order valence-electron chi connectivity index (χ1n) is 8.12. The second kappa shape index (κ2) is 9.61. The van der Waals surface area contributed by atoms with Crippen molar-refractivity contribution in [3.8, 4) is 0 Å². The number of halogens is 6. The van der Waals surface area contributed by atoms with E-state index in [4.69, 9.17) is 15.3 Å². The number of carboxylic acids is 2. The van der Waals surface area contributed by atoms with Gasteiger partial charge >= 0.3 is 24.3 Å².